The van der Waals surface area contributed by atoms with Crippen LogP contribution in [0, 0.1) is 0 Å². The van der Waals surface area contributed by atoms with E-state index in [0.29, 0.717) is 17.7 Å². The molecule has 0 bridgehead atoms. The van der Waals surface area contributed by atoms with Gasteiger partial charge in [-0.2, -0.15) is 13.2 Å². The molecule has 3 aromatic rings. The number of nitrogens with one attached hydrogen (secondary N) is 1. The molecule has 1 N–H and O–H groups in total. The van der Waals surface area contributed by atoms with Gasteiger partial charge in [0.05, 0.1) is 17.1 Å². The predicted octanol–water partition coefficient (Wildman–Crippen LogP) is 5.04. The number of benzene rings is 1. The molecule has 2 heterocycles. The summed E-state index contributed by atoms with van der Waals surface area (Å²) >= 11 is 6.74. The van der Waals surface area contributed by atoms with Gasteiger partial charge in [-0.1, -0.05) is 47.6 Å². The summed E-state index contributed by atoms with van der Waals surface area (Å²) in [6.45, 7) is 0. The van der Waals surface area contributed by atoms with Gasteiger partial charge < -0.3 is 5.32 Å². The number of carbonyl (C=O) groups is 1. The van der Waals surface area contributed by atoms with E-state index < -0.39 is 17.8 Å². The van der Waals surface area contributed by atoms with Crippen molar-refractivity contribution in [3.8, 4) is 11.3 Å². The number of hydrogen-bond donors (Lipinski definition) is 1. The van der Waals surface area contributed by atoms with Crippen LogP contribution in [0.15, 0.2) is 47.8 Å². The molecule has 0 atom stereocenters. The third kappa shape index (κ3) is 4.27. The number of fused-ring (bicyclic) bond motifs is 3. The number of carbonyl (C=O) groups excluding carboxylic acids is 1. The van der Waals surface area contributed by atoms with Crippen LogP contribution in [0.25, 0.3) is 11.3 Å². The summed E-state index contributed by atoms with van der Waals surface area (Å²) in [5.41, 5.74) is 1.35. The fourth-order valence-electron chi connectivity index (χ4n) is 3.25. The number of thioether (sulfide) groups is 1. The third-order valence-corrected chi connectivity index (χ3v) is 5.69. The smallest absolute Gasteiger partial charge is 0.323 e. The molecule has 30 heavy (non-hydrogen) atoms. The Kier molecular flexibility index (Phi) is 5.66. The minimum Gasteiger partial charge on any atom is -0.323 e. The second-order valence-corrected chi connectivity index (χ2v) is 7.82. The molecule has 1 aliphatic carbocycles. The molecule has 0 saturated carbocycles. The summed E-state index contributed by atoms with van der Waals surface area (Å²) < 4.78 is 41.0. The molecule has 1 aliphatic rings. The lowest BCUT2D eigenvalue weighted by Gasteiger charge is -2.22. The molecular formula is C20H14ClF3N4OS. The summed E-state index contributed by atoms with van der Waals surface area (Å²) in [5, 5.41) is 2.59. The number of pyridine rings is 1. The molecule has 154 valence electrons. The van der Waals surface area contributed by atoms with E-state index in [4.69, 9.17) is 11.6 Å². The van der Waals surface area contributed by atoms with Crippen LogP contribution in [0.3, 0.4) is 0 Å². The molecule has 0 unspecified atom stereocenters. The maximum atomic E-state index is 13.7. The van der Waals surface area contributed by atoms with Gasteiger partial charge in [-0.25, -0.2) is 15.0 Å². The van der Waals surface area contributed by atoms with Crippen molar-refractivity contribution < 1.29 is 18.0 Å². The summed E-state index contributed by atoms with van der Waals surface area (Å²) in [4.78, 5) is 24.2. The molecule has 5 nitrogen and oxygen atoms in total. The van der Waals surface area contributed by atoms with Gasteiger partial charge in [0.2, 0.25) is 5.91 Å². The van der Waals surface area contributed by atoms with Crippen molar-refractivity contribution in [1.82, 2.24) is 15.0 Å². The molecular weight excluding hydrogens is 437 g/mol. The Bertz CT molecular complexity index is 1120. The third-order valence-electron chi connectivity index (χ3n) is 4.54. The molecule has 0 aliphatic heterocycles. The van der Waals surface area contributed by atoms with Crippen molar-refractivity contribution in [2.75, 3.05) is 11.1 Å². The highest BCUT2D eigenvalue weighted by Gasteiger charge is 2.38. The Morgan fingerprint density at radius 1 is 1.13 bits per heavy atom. The molecule has 2 aromatic heterocycles. The SMILES string of the molecule is O=C(CSc1nc2c(c(C(F)(F)F)n1)CCc1ccccc1-2)Nc1cccnc1Cl. The minimum absolute atomic E-state index is 0.0946. The first-order chi connectivity index (χ1) is 14.3. The molecule has 0 radical (unpaired) electrons. The standard InChI is InChI=1S/C20H14ClF3N4OS/c21-18-14(6-3-9-25-18)26-15(29)10-30-19-27-16-12-5-2-1-4-11(12)7-8-13(16)17(28-19)20(22,23)24/h1-6,9H,7-8,10H2,(H,26,29). The van der Waals surface area contributed by atoms with E-state index in [1.54, 1.807) is 24.3 Å². The van der Waals surface area contributed by atoms with Gasteiger partial charge in [0.25, 0.3) is 0 Å². The first kappa shape index (κ1) is 20.6. The van der Waals surface area contributed by atoms with Crippen LogP contribution < -0.4 is 5.32 Å². The maximum Gasteiger partial charge on any atom is 0.433 e. The quantitative estimate of drug-likeness (QED) is 0.342. The maximum absolute atomic E-state index is 13.7. The highest BCUT2D eigenvalue weighted by molar-refractivity contribution is 7.99. The average Bonchev–Trinajstić information content (AvgIpc) is 2.72. The molecule has 10 heteroatoms. The number of aryl methyl sites for hydroxylation is 1. The fraction of sp³-hybridized carbons (Fsp3) is 0.200. The van der Waals surface area contributed by atoms with E-state index in [-0.39, 0.29) is 33.7 Å². The summed E-state index contributed by atoms with van der Waals surface area (Å²) in [5.74, 6) is -0.631. The van der Waals surface area contributed by atoms with E-state index in [2.05, 4.69) is 20.3 Å². The number of halogens is 4. The Balaban J connectivity index is 1.62. The van der Waals surface area contributed by atoms with Gasteiger partial charge in [0.1, 0.15) is 0 Å². The number of alkyl halides is 3. The lowest BCUT2D eigenvalue weighted by molar-refractivity contribution is -0.142. The van der Waals surface area contributed by atoms with Gasteiger partial charge in [0, 0.05) is 17.3 Å². The van der Waals surface area contributed by atoms with Crippen molar-refractivity contribution in [2.45, 2.75) is 24.2 Å². The molecule has 1 amide bonds. The zero-order valence-corrected chi connectivity index (χ0v) is 16.9. The van der Waals surface area contributed by atoms with Crippen molar-refractivity contribution in [1.29, 1.82) is 0 Å². The summed E-state index contributed by atoms with van der Waals surface area (Å²) in [7, 11) is 0. The summed E-state index contributed by atoms with van der Waals surface area (Å²) in [6.07, 6.45) is -2.42. The van der Waals surface area contributed by atoms with Crippen LogP contribution in [-0.4, -0.2) is 26.6 Å². The Morgan fingerprint density at radius 2 is 1.93 bits per heavy atom. The number of nitrogens with zero attached hydrogens (tertiary/aromatic N) is 3. The monoisotopic (exact) mass is 450 g/mol. The predicted molar refractivity (Wildman–Crippen MR) is 108 cm³/mol. The number of hydrogen-bond acceptors (Lipinski definition) is 5. The van der Waals surface area contributed by atoms with Gasteiger partial charge >= 0.3 is 6.18 Å². The average molecular weight is 451 g/mol. The molecule has 1 aromatic carbocycles. The Labute approximate surface area is 179 Å². The summed E-state index contributed by atoms with van der Waals surface area (Å²) in [6, 6.07) is 10.4. The van der Waals surface area contributed by atoms with E-state index in [0.717, 1.165) is 17.3 Å². The molecule has 4 rings (SSSR count). The van der Waals surface area contributed by atoms with Gasteiger partial charge in [-0.05, 0) is 30.5 Å². The topological polar surface area (TPSA) is 67.8 Å². The first-order valence-corrected chi connectivity index (χ1v) is 10.3. The van der Waals surface area contributed by atoms with Gasteiger partial charge in [0.15, 0.2) is 16.0 Å². The minimum atomic E-state index is -4.61. The lowest BCUT2D eigenvalue weighted by atomic mass is 9.88. The van der Waals surface area contributed by atoms with Crippen LogP contribution in [0.5, 0.6) is 0 Å². The number of anilines is 1. The van der Waals surface area contributed by atoms with Crippen molar-refractivity contribution in [3.05, 3.63) is 64.6 Å². The van der Waals surface area contributed by atoms with Crippen LogP contribution in [0.2, 0.25) is 5.15 Å². The van der Waals surface area contributed by atoms with Gasteiger partial charge in [-0.3, -0.25) is 4.79 Å². The van der Waals surface area contributed by atoms with Crippen LogP contribution in [-0.2, 0) is 23.8 Å². The largest absolute Gasteiger partial charge is 0.433 e. The first-order valence-electron chi connectivity index (χ1n) is 8.92. The van der Waals surface area contributed by atoms with Crippen molar-refractivity contribution in [3.63, 3.8) is 0 Å². The molecule has 0 fully saturated rings. The second-order valence-electron chi connectivity index (χ2n) is 6.52. The zero-order valence-electron chi connectivity index (χ0n) is 15.3. The van der Waals surface area contributed by atoms with Crippen molar-refractivity contribution in [2.24, 2.45) is 0 Å². The van der Waals surface area contributed by atoms with Crippen LogP contribution >= 0.6 is 23.4 Å². The van der Waals surface area contributed by atoms with Crippen LogP contribution in [0.1, 0.15) is 16.8 Å². The molecule has 0 spiro atoms. The van der Waals surface area contributed by atoms with E-state index in [9.17, 15) is 18.0 Å². The number of amides is 1. The van der Waals surface area contributed by atoms with E-state index in [1.165, 1.54) is 6.20 Å². The Hall–Kier alpha value is -2.65. The number of rotatable bonds is 4. The number of aromatic nitrogens is 3. The van der Waals surface area contributed by atoms with E-state index in [1.807, 2.05) is 12.1 Å². The highest BCUT2D eigenvalue weighted by atomic mass is 35.5. The zero-order chi connectivity index (χ0) is 21.3. The van der Waals surface area contributed by atoms with Gasteiger partial charge in [-0.15, -0.1) is 0 Å². The van der Waals surface area contributed by atoms with E-state index >= 15 is 0 Å². The Morgan fingerprint density at radius 3 is 2.70 bits per heavy atom. The van der Waals surface area contributed by atoms with Crippen molar-refractivity contribution >= 4 is 35.0 Å². The lowest BCUT2D eigenvalue weighted by Crippen LogP contribution is -2.19. The fourth-order valence-corrected chi connectivity index (χ4v) is 4.06. The normalized spacial score (nSPS) is 12.8. The second kappa shape index (κ2) is 8.23. The highest BCUT2D eigenvalue weighted by Crippen LogP contribution is 2.40. The molecule has 0 saturated heterocycles. The van der Waals surface area contributed by atoms with Crippen LogP contribution in [0.4, 0.5) is 18.9 Å².